The van der Waals surface area contributed by atoms with Crippen LogP contribution in [0.2, 0.25) is 0 Å². The molecule has 4 heterocycles. The Balaban J connectivity index is 1.57. The van der Waals surface area contributed by atoms with Crippen molar-refractivity contribution in [1.82, 2.24) is 24.5 Å². The molecule has 0 spiro atoms. The van der Waals surface area contributed by atoms with Crippen LogP contribution in [-0.4, -0.2) is 46.0 Å². The van der Waals surface area contributed by atoms with Crippen molar-refractivity contribution in [1.29, 1.82) is 0 Å². The summed E-state index contributed by atoms with van der Waals surface area (Å²) in [7, 11) is -4.59. The van der Waals surface area contributed by atoms with Gasteiger partial charge in [0.15, 0.2) is 0 Å². The lowest BCUT2D eigenvalue weighted by Gasteiger charge is -2.27. The Morgan fingerprint density at radius 1 is 1.25 bits per heavy atom. The maximum atomic E-state index is 13.0. The van der Waals surface area contributed by atoms with Crippen LogP contribution in [0.5, 0.6) is 0 Å². The van der Waals surface area contributed by atoms with Crippen LogP contribution in [-0.2, 0) is 10.4 Å². The van der Waals surface area contributed by atoms with Gasteiger partial charge in [0.05, 0.1) is 5.69 Å². The van der Waals surface area contributed by atoms with E-state index in [4.69, 9.17) is 0 Å². The molecule has 0 amide bonds. The van der Waals surface area contributed by atoms with Gasteiger partial charge < -0.3 is 4.98 Å². The highest BCUT2D eigenvalue weighted by atomic mass is 32.3. The van der Waals surface area contributed by atoms with Gasteiger partial charge in [0.1, 0.15) is 5.65 Å². The molecule has 1 aliphatic rings. The first-order valence-electron chi connectivity index (χ1n) is 7.70. The maximum absolute atomic E-state index is 13.0. The molecule has 0 saturated carbocycles. The van der Waals surface area contributed by atoms with E-state index in [1.165, 1.54) is 0 Å². The van der Waals surface area contributed by atoms with E-state index in [-0.39, 0.29) is 19.0 Å². The molecule has 1 aliphatic heterocycles. The van der Waals surface area contributed by atoms with Gasteiger partial charge in [0, 0.05) is 48.0 Å². The molecule has 9 heteroatoms. The SMILES string of the molecule is O=S(=O)(F)N1CCC(c2cc(-c3ccnc4[nH]ccc34)n[nH]2)CC1. The number of piperidine rings is 1. The summed E-state index contributed by atoms with van der Waals surface area (Å²) in [4.78, 5) is 7.34. The molecule has 0 aromatic carbocycles. The molecular weight excluding hydrogens is 333 g/mol. The van der Waals surface area contributed by atoms with Gasteiger partial charge in [0.25, 0.3) is 0 Å². The molecule has 0 unspecified atom stereocenters. The molecule has 3 aromatic heterocycles. The number of halogens is 1. The smallest absolute Gasteiger partial charge is 0.346 e. The quantitative estimate of drug-likeness (QED) is 0.710. The van der Waals surface area contributed by atoms with Gasteiger partial charge in [-0.05, 0) is 31.0 Å². The molecule has 0 aliphatic carbocycles. The third-order valence-corrected chi connectivity index (χ3v) is 5.52. The number of nitrogens with zero attached hydrogens (tertiary/aromatic N) is 3. The van der Waals surface area contributed by atoms with Crippen LogP contribution in [0, 0.1) is 0 Å². The Morgan fingerprint density at radius 3 is 2.79 bits per heavy atom. The largest absolute Gasteiger partial charge is 0.374 e. The highest BCUT2D eigenvalue weighted by Crippen LogP contribution is 2.32. The average molecular weight is 349 g/mol. The zero-order chi connectivity index (χ0) is 16.7. The van der Waals surface area contributed by atoms with Crippen LogP contribution in [0.25, 0.3) is 22.3 Å². The van der Waals surface area contributed by atoms with Crippen molar-refractivity contribution in [2.75, 3.05) is 13.1 Å². The van der Waals surface area contributed by atoms with E-state index in [0.717, 1.165) is 32.3 Å². The molecule has 7 nitrogen and oxygen atoms in total. The standard InChI is InChI=1S/C15H16FN5O2S/c16-24(22,23)21-7-3-10(4-8-21)13-9-14(20-19-13)11-1-5-17-15-12(11)2-6-18-15/h1-2,5-6,9-10H,3-4,7-8H2,(H,17,18)(H,19,20). The Morgan fingerprint density at radius 2 is 2.04 bits per heavy atom. The molecule has 0 radical (unpaired) electrons. The van der Waals surface area contributed by atoms with E-state index in [2.05, 4.69) is 20.2 Å². The summed E-state index contributed by atoms with van der Waals surface area (Å²) in [5.74, 6) is 0.146. The highest BCUT2D eigenvalue weighted by molar-refractivity contribution is 7.83. The van der Waals surface area contributed by atoms with Gasteiger partial charge in [-0.25, -0.2) is 4.98 Å². The number of fused-ring (bicyclic) bond motifs is 1. The van der Waals surface area contributed by atoms with Gasteiger partial charge in [-0.1, -0.05) is 3.89 Å². The third-order valence-electron chi connectivity index (χ3n) is 4.54. The second kappa shape index (κ2) is 5.67. The summed E-state index contributed by atoms with van der Waals surface area (Å²) in [5, 5.41) is 8.42. The number of aromatic nitrogens is 4. The van der Waals surface area contributed by atoms with Gasteiger partial charge in [-0.3, -0.25) is 5.10 Å². The lowest BCUT2D eigenvalue weighted by atomic mass is 9.94. The first kappa shape index (κ1) is 15.3. The van der Waals surface area contributed by atoms with Crippen LogP contribution >= 0.6 is 0 Å². The first-order chi connectivity index (χ1) is 11.5. The number of hydrogen-bond acceptors (Lipinski definition) is 4. The second-order valence-electron chi connectivity index (χ2n) is 5.92. The van der Waals surface area contributed by atoms with Gasteiger partial charge >= 0.3 is 10.4 Å². The molecule has 24 heavy (non-hydrogen) atoms. The zero-order valence-electron chi connectivity index (χ0n) is 12.7. The Hall–Kier alpha value is -2.26. The zero-order valence-corrected chi connectivity index (χ0v) is 13.6. The Kier molecular flexibility index (Phi) is 3.61. The van der Waals surface area contributed by atoms with Crippen molar-refractivity contribution in [3.8, 4) is 11.3 Å². The van der Waals surface area contributed by atoms with E-state index < -0.39 is 10.4 Å². The molecule has 126 valence electrons. The molecule has 1 saturated heterocycles. The third kappa shape index (κ3) is 2.69. The maximum Gasteiger partial charge on any atom is 0.374 e. The van der Waals surface area contributed by atoms with Crippen molar-refractivity contribution in [3.63, 3.8) is 0 Å². The van der Waals surface area contributed by atoms with Crippen LogP contribution in [0.3, 0.4) is 0 Å². The average Bonchev–Trinajstić information content (AvgIpc) is 3.23. The van der Waals surface area contributed by atoms with Gasteiger partial charge in [0.2, 0.25) is 0 Å². The highest BCUT2D eigenvalue weighted by Gasteiger charge is 2.29. The number of aromatic amines is 2. The Labute approximate surface area is 138 Å². The number of H-pyrrole nitrogens is 2. The van der Waals surface area contributed by atoms with Crippen molar-refractivity contribution in [2.24, 2.45) is 0 Å². The molecule has 0 atom stereocenters. The summed E-state index contributed by atoms with van der Waals surface area (Å²) in [6, 6.07) is 5.84. The molecular formula is C15H16FN5O2S. The van der Waals surface area contributed by atoms with Crippen molar-refractivity contribution in [3.05, 3.63) is 36.3 Å². The predicted molar refractivity (Wildman–Crippen MR) is 87.3 cm³/mol. The van der Waals surface area contributed by atoms with Crippen molar-refractivity contribution < 1.29 is 12.3 Å². The fourth-order valence-corrected chi connectivity index (χ4v) is 3.90. The minimum absolute atomic E-state index is 0.146. The number of rotatable bonds is 3. The second-order valence-corrected chi connectivity index (χ2v) is 7.26. The van der Waals surface area contributed by atoms with E-state index in [1.807, 2.05) is 24.4 Å². The fraction of sp³-hybridized carbons (Fsp3) is 0.333. The summed E-state index contributed by atoms with van der Waals surface area (Å²) in [6.07, 6.45) is 4.70. The first-order valence-corrected chi connectivity index (χ1v) is 9.04. The molecule has 4 rings (SSSR count). The summed E-state index contributed by atoms with van der Waals surface area (Å²) < 4.78 is 35.8. The predicted octanol–water partition coefficient (Wildman–Crippen LogP) is 2.35. The number of hydrogen-bond donors (Lipinski definition) is 2. The van der Waals surface area contributed by atoms with Crippen LogP contribution in [0.4, 0.5) is 3.89 Å². The number of pyridine rings is 1. The van der Waals surface area contributed by atoms with E-state index in [9.17, 15) is 12.3 Å². The van der Waals surface area contributed by atoms with Crippen molar-refractivity contribution >= 4 is 21.4 Å². The Bertz CT molecular complexity index is 973. The van der Waals surface area contributed by atoms with Gasteiger partial charge in [-0.15, -0.1) is 0 Å². The van der Waals surface area contributed by atoms with E-state index >= 15 is 0 Å². The molecule has 0 bridgehead atoms. The summed E-state index contributed by atoms with van der Waals surface area (Å²) in [5.41, 5.74) is 3.55. The molecule has 2 N–H and O–H groups in total. The van der Waals surface area contributed by atoms with Crippen LogP contribution < -0.4 is 0 Å². The minimum atomic E-state index is -4.59. The van der Waals surface area contributed by atoms with E-state index in [0.29, 0.717) is 12.8 Å². The molecule has 1 fully saturated rings. The van der Waals surface area contributed by atoms with Crippen molar-refractivity contribution in [2.45, 2.75) is 18.8 Å². The van der Waals surface area contributed by atoms with Crippen LogP contribution in [0.1, 0.15) is 24.5 Å². The normalized spacial score (nSPS) is 17.5. The van der Waals surface area contributed by atoms with Crippen LogP contribution in [0.15, 0.2) is 30.6 Å². The monoisotopic (exact) mass is 349 g/mol. The minimum Gasteiger partial charge on any atom is -0.346 e. The lowest BCUT2D eigenvalue weighted by Crippen LogP contribution is -2.35. The summed E-state index contributed by atoms with van der Waals surface area (Å²) in [6.45, 7) is 0.379. The van der Waals surface area contributed by atoms with E-state index in [1.54, 1.807) is 6.20 Å². The molecule has 3 aromatic rings. The fourth-order valence-electron chi connectivity index (χ4n) is 3.25. The number of nitrogens with one attached hydrogen (secondary N) is 2. The summed E-state index contributed by atoms with van der Waals surface area (Å²) >= 11 is 0. The lowest BCUT2D eigenvalue weighted by molar-refractivity contribution is 0.303. The topological polar surface area (TPSA) is 94.7 Å². The van der Waals surface area contributed by atoms with Gasteiger partial charge in [-0.2, -0.15) is 17.8 Å².